The van der Waals surface area contributed by atoms with Crippen molar-refractivity contribution in [2.45, 2.75) is 44.3 Å². The second-order valence-corrected chi connectivity index (χ2v) is 8.26. The molecule has 0 amide bonds. The minimum Gasteiger partial charge on any atom is -0.337 e. The number of likely N-dealkylation sites (tertiary alicyclic amines) is 1. The highest BCUT2D eigenvalue weighted by Crippen LogP contribution is 2.46. The maximum Gasteiger partial charge on any atom is 0.122 e. The van der Waals surface area contributed by atoms with Gasteiger partial charge in [0.15, 0.2) is 0 Å². The molecule has 0 radical (unpaired) electrons. The quantitative estimate of drug-likeness (QED) is 0.861. The summed E-state index contributed by atoms with van der Waals surface area (Å²) in [7, 11) is 2.11. The van der Waals surface area contributed by atoms with E-state index in [-0.39, 0.29) is 0 Å². The summed E-state index contributed by atoms with van der Waals surface area (Å²) in [6, 6.07) is 10.7. The van der Waals surface area contributed by atoms with Gasteiger partial charge in [-0.3, -0.25) is 9.80 Å². The van der Waals surface area contributed by atoms with Crippen LogP contribution in [0.1, 0.15) is 35.7 Å². The zero-order valence-electron chi connectivity index (χ0n) is 15.3. The lowest BCUT2D eigenvalue weighted by Gasteiger charge is -2.51. The molecule has 0 unspecified atom stereocenters. The Morgan fingerprint density at radius 1 is 1.08 bits per heavy atom. The number of piperidine rings is 3. The van der Waals surface area contributed by atoms with Crippen molar-refractivity contribution in [3.8, 4) is 0 Å². The van der Waals surface area contributed by atoms with Crippen LogP contribution >= 0.6 is 0 Å². The van der Waals surface area contributed by atoms with E-state index in [0.29, 0.717) is 18.0 Å². The van der Waals surface area contributed by atoms with Crippen molar-refractivity contribution in [2.24, 2.45) is 13.0 Å². The van der Waals surface area contributed by atoms with Crippen molar-refractivity contribution in [1.82, 2.24) is 19.4 Å². The van der Waals surface area contributed by atoms with Crippen LogP contribution in [0.25, 0.3) is 0 Å². The molecule has 4 aliphatic rings. The lowest BCUT2D eigenvalue weighted by atomic mass is 9.75. The minimum absolute atomic E-state index is 0.633. The molecule has 4 nitrogen and oxygen atoms in total. The average Bonchev–Trinajstić information content (AvgIpc) is 3.23. The maximum absolute atomic E-state index is 4.60. The number of rotatable bonds is 3. The summed E-state index contributed by atoms with van der Waals surface area (Å²) in [5, 5.41) is 0. The molecule has 1 aromatic heterocycles. The smallest absolute Gasteiger partial charge is 0.122 e. The Hall–Kier alpha value is -1.65. The van der Waals surface area contributed by atoms with Crippen molar-refractivity contribution < 1.29 is 0 Å². The van der Waals surface area contributed by atoms with Crippen molar-refractivity contribution in [2.75, 3.05) is 19.6 Å². The van der Waals surface area contributed by atoms with Gasteiger partial charge in [0.2, 0.25) is 0 Å². The van der Waals surface area contributed by atoms with E-state index in [0.717, 1.165) is 19.0 Å². The Labute approximate surface area is 150 Å². The summed E-state index contributed by atoms with van der Waals surface area (Å²) in [5.41, 5.74) is 2.88. The molecule has 4 heteroatoms. The molecule has 132 valence electrons. The normalized spacial score (nSPS) is 34.4. The van der Waals surface area contributed by atoms with Crippen LogP contribution in [0, 0.1) is 12.8 Å². The number of hydrogen-bond acceptors (Lipinski definition) is 3. The van der Waals surface area contributed by atoms with Gasteiger partial charge in [0.1, 0.15) is 5.82 Å². The zero-order valence-corrected chi connectivity index (χ0v) is 15.3. The Balaban J connectivity index is 1.48. The average molecular weight is 336 g/mol. The van der Waals surface area contributed by atoms with E-state index < -0.39 is 0 Å². The van der Waals surface area contributed by atoms with Crippen LogP contribution in [0.5, 0.6) is 0 Å². The molecule has 0 spiro atoms. The van der Waals surface area contributed by atoms with Crippen LogP contribution in [0.3, 0.4) is 0 Å². The van der Waals surface area contributed by atoms with E-state index in [2.05, 4.69) is 63.8 Å². The molecule has 1 aromatic carbocycles. The van der Waals surface area contributed by atoms with Crippen LogP contribution < -0.4 is 0 Å². The predicted octanol–water partition coefficient (Wildman–Crippen LogP) is 2.79. The highest BCUT2D eigenvalue weighted by molar-refractivity contribution is 5.29. The molecule has 5 heterocycles. The van der Waals surface area contributed by atoms with Crippen LogP contribution in [0.2, 0.25) is 0 Å². The fourth-order valence-electron chi connectivity index (χ4n) is 5.56. The van der Waals surface area contributed by atoms with Gasteiger partial charge in [-0.15, -0.1) is 0 Å². The van der Waals surface area contributed by atoms with Gasteiger partial charge < -0.3 is 4.57 Å². The first-order valence-electron chi connectivity index (χ1n) is 9.71. The van der Waals surface area contributed by atoms with Gasteiger partial charge in [-0.25, -0.2) is 4.98 Å². The molecule has 0 aliphatic carbocycles. The third kappa shape index (κ3) is 2.54. The summed E-state index contributed by atoms with van der Waals surface area (Å²) in [6.45, 7) is 6.92. The first-order chi connectivity index (χ1) is 12.2. The van der Waals surface area contributed by atoms with Crippen molar-refractivity contribution in [3.05, 3.63) is 53.6 Å². The molecule has 4 fully saturated rings. The number of aryl methyl sites for hydroxylation is 2. The predicted molar refractivity (Wildman–Crippen MR) is 99.4 cm³/mol. The lowest BCUT2D eigenvalue weighted by molar-refractivity contribution is -0.00947. The monoisotopic (exact) mass is 336 g/mol. The summed E-state index contributed by atoms with van der Waals surface area (Å²) in [5.74, 6) is 2.69. The van der Waals surface area contributed by atoms with Crippen LogP contribution in [0.15, 0.2) is 36.7 Å². The first-order valence-corrected chi connectivity index (χ1v) is 9.71. The second kappa shape index (κ2) is 5.96. The maximum atomic E-state index is 4.60. The Morgan fingerprint density at radius 2 is 1.84 bits per heavy atom. The molecule has 2 aromatic rings. The van der Waals surface area contributed by atoms with Crippen LogP contribution in [-0.2, 0) is 13.6 Å². The summed E-state index contributed by atoms with van der Waals surface area (Å²) >= 11 is 0. The van der Waals surface area contributed by atoms with Crippen molar-refractivity contribution >= 4 is 0 Å². The van der Waals surface area contributed by atoms with E-state index in [4.69, 9.17) is 0 Å². The number of imidazole rings is 1. The lowest BCUT2D eigenvalue weighted by Crippen LogP contribution is -2.60. The second-order valence-electron chi connectivity index (χ2n) is 8.26. The fourth-order valence-corrected chi connectivity index (χ4v) is 5.56. The van der Waals surface area contributed by atoms with Gasteiger partial charge >= 0.3 is 0 Å². The third-order valence-corrected chi connectivity index (χ3v) is 6.86. The summed E-state index contributed by atoms with van der Waals surface area (Å²) < 4.78 is 2.18. The van der Waals surface area contributed by atoms with Crippen LogP contribution in [-0.4, -0.2) is 51.1 Å². The standard InChI is InChI=1S/C21H28N4/c1-15-3-5-16(6-4-15)18-13-25(14-19-22-9-12-23(19)2)20-17-7-10-24(11-8-17)21(18)20/h3-6,9,12,17-18,20-21H,7-8,10-11,13-14H2,1-2H3/t18-,20+,21+/m0/s1. The van der Waals surface area contributed by atoms with Gasteiger partial charge in [0, 0.05) is 44.0 Å². The fraction of sp³-hybridized carbons (Fsp3) is 0.571. The largest absolute Gasteiger partial charge is 0.337 e. The molecule has 0 N–H and O–H groups in total. The van der Waals surface area contributed by atoms with E-state index >= 15 is 0 Å². The number of benzene rings is 1. The number of aromatic nitrogens is 2. The van der Waals surface area contributed by atoms with E-state index in [9.17, 15) is 0 Å². The SMILES string of the molecule is Cc1ccc([C@@H]2CN(Cc3nccn3C)[C@@H]3C4CCN(CC4)[C@@H]32)cc1. The van der Waals surface area contributed by atoms with Gasteiger partial charge in [0.25, 0.3) is 0 Å². The van der Waals surface area contributed by atoms with Gasteiger partial charge in [-0.1, -0.05) is 29.8 Å². The molecule has 0 saturated carbocycles. The molecule has 4 aliphatic heterocycles. The van der Waals surface area contributed by atoms with E-state index in [1.165, 1.54) is 42.9 Å². The highest BCUT2D eigenvalue weighted by atomic mass is 15.3. The molecule has 25 heavy (non-hydrogen) atoms. The third-order valence-electron chi connectivity index (χ3n) is 6.86. The van der Waals surface area contributed by atoms with E-state index in [1.54, 1.807) is 0 Å². The minimum atomic E-state index is 0.633. The number of fused-ring (bicyclic) bond motifs is 2. The summed E-state index contributed by atoms with van der Waals surface area (Å²) in [4.78, 5) is 10.1. The van der Waals surface area contributed by atoms with Gasteiger partial charge in [-0.05, 0) is 44.3 Å². The first kappa shape index (κ1) is 15.6. The van der Waals surface area contributed by atoms with E-state index in [1.807, 2.05) is 6.20 Å². The number of hydrogen-bond donors (Lipinski definition) is 0. The van der Waals surface area contributed by atoms with Gasteiger partial charge in [-0.2, -0.15) is 0 Å². The van der Waals surface area contributed by atoms with Crippen LogP contribution in [0.4, 0.5) is 0 Å². The molecular weight excluding hydrogens is 308 g/mol. The Morgan fingerprint density at radius 3 is 2.52 bits per heavy atom. The van der Waals surface area contributed by atoms with Crippen molar-refractivity contribution in [3.63, 3.8) is 0 Å². The molecule has 2 bridgehead atoms. The summed E-state index contributed by atoms with van der Waals surface area (Å²) in [6.07, 6.45) is 6.74. The van der Waals surface area contributed by atoms with Gasteiger partial charge in [0.05, 0.1) is 6.54 Å². The molecule has 3 atom stereocenters. The highest BCUT2D eigenvalue weighted by Gasteiger charge is 2.53. The molecular formula is C21H28N4. The zero-order chi connectivity index (χ0) is 17.0. The molecule has 4 saturated heterocycles. The topological polar surface area (TPSA) is 24.3 Å². The Bertz CT molecular complexity index is 742. The van der Waals surface area contributed by atoms with Crippen molar-refractivity contribution in [1.29, 1.82) is 0 Å². The number of nitrogens with zero attached hydrogens (tertiary/aromatic N) is 4. The Kier molecular flexibility index (Phi) is 3.72. The molecule has 6 rings (SSSR count).